The quantitative estimate of drug-likeness (QED) is 0.752. The molecule has 1 aromatic heterocycles. The summed E-state index contributed by atoms with van der Waals surface area (Å²) in [5.41, 5.74) is 1.15. The fraction of sp³-hybridized carbons (Fsp3) is 0.688. The first-order chi connectivity index (χ1) is 10.5. The van der Waals surface area contributed by atoms with Gasteiger partial charge < -0.3 is 9.42 Å². The zero-order chi connectivity index (χ0) is 15.7. The Labute approximate surface area is 131 Å². The summed E-state index contributed by atoms with van der Waals surface area (Å²) in [5, 5.41) is 4.03. The number of rotatable bonds is 6. The van der Waals surface area contributed by atoms with E-state index in [-0.39, 0.29) is 11.9 Å². The van der Waals surface area contributed by atoms with E-state index < -0.39 is 0 Å². The molecule has 2 fully saturated rings. The van der Waals surface area contributed by atoms with Crippen molar-refractivity contribution in [1.82, 2.24) is 19.9 Å². The van der Waals surface area contributed by atoms with Crippen molar-refractivity contribution in [3.8, 4) is 0 Å². The summed E-state index contributed by atoms with van der Waals surface area (Å²) in [7, 11) is 0. The summed E-state index contributed by atoms with van der Waals surface area (Å²) in [6.45, 7) is 10.8. The van der Waals surface area contributed by atoms with Crippen LogP contribution in [0.3, 0.4) is 0 Å². The Hall–Kier alpha value is -1.69. The molecule has 6 nitrogen and oxygen atoms in total. The van der Waals surface area contributed by atoms with Gasteiger partial charge in [0.1, 0.15) is 0 Å². The fourth-order valence-electron chi connectivity index (χ4n) is 3.07. The number of aromatic nitrogens is 2. The third-order valence-corrected chi connectivity index (χ3v) is 4.31. The average molecular weight is 304 g/mol. The number of hydrogen-bond donors (Lipinski definition) is 0. The van der Waals surface area contributed by atoms with E-state index in [4.69, 9.17) is 4.52 Å². The molecule has 3 rings (SSSR count). The van der Waals surface area contributed by atoms with E-state index in [9.17, 15) is 4.79 Å². The Balaban J connectivity index is 1.62. The van der Waals surface area contributed by atoms with Gasteiger partial charge >= 0.3 is 0 Å². The number of carbonyl (C=O) groups excluding carboxylic acids is 1. The van der Waals surface area contributed by atoms with Crippen molar-refractivity contribution in [2.75, 3.05) is 19.6 Å². The SMILES string of the molecule is C=C(C)CN1CC[C@@H](N(Cc2noc(C3CC3)n2)C(C)=O)C1. The molecule has 1 atom stereocenters. The van der Waals surface area contributed by atoms with Crippen molar-refractivity contribution >= 4 is 5.91 Å². The van der Waals surface area contributed by atoms with Crippen LogP contribution in [-0.2, 0) is 11.3 Å². The van der Waals surface area contributed by atoms with Crippen molar-refractivity contribution in [3.63, 3.8) is 0 Å². The summed E-state index contributed by atoms with van der Waals surface area (Å²) in [6.07, 6.45) is 3.26. The highest BCUT2D eigenvalue weighted by molar-refractivity contribution is 5.73. The molecule has 1 amide bonds. The third-order valence-electron chi connectivity index (χ3n) is 4.31. The molecule has 0 unspecified atom stereocenters. The molecule has 6 heteroatoms. The first-order valence-corrected chi connectivity index (χ1v) is 7.99. The van der Waals surface area contributed by atoms with E-state index in [2.05, 4.69) is 21.6 Å². The van der Waals surface area contributed by atoms with Gasteiger partial charge in [-0.15, -0.1) is 0 Å². The van der Waals surface area contributed by atoms with Crippen molar-refractivity contribution < 1.29 is 9.32 Å². The van der Waals surface area contributed by atoms with E-state index in [1.165, 1.54) is 0 Å². The lowest BCUT2D eigenvalue weighted by atomic mass is 10.2. The molecule has 1 saturated carbocycles. The van der Waals surface area contributed by atoms with E-state index in [1.807, 2.05) is 11.8 Å². The highest BCUT2D eigenvalue weighted by Gasteiger charge is 2.32. The fourth-order valence-corrected chi connectivity index (χ4v) is 3.07. The molecule has 22 heavy (non-hydrogen) atoms. The molecular weight excluding hydrogens is 280 g/mol. The van der Waals surface area contributed by atoms with Crippen molar-refractivity contribution in [2.45, 2.75) is 51.6 Å². The highest BCUT2D eigenvalue weighted by atomic mass is 16.5. The molecule has 0 spiro atoms. The van der Waals surface area contributed by atoms with Crippen LogP contribution in [0.25, 0.3) is 0 Å². The number of hydrogen-bond acceptors (Lipinski definition) is 5. The standard InChI is InChI=1S/C16H24N4O2/c1-11(2)8-19-7-6-14(9-19)20(12(3)21)10-15-17-16(22-18-15)13-4-5-13/h13-14H,1,4-10H2,2-3H3/t14-/m1/s1. The Morgan fingerprint density at radius 2 is 2.18 bits per heavy atom. The zero-order valence-electron chi connectivity index (χ0n) is 13.4. The molecule has 1 aliphatic carbocycles. The topological polar surface area (TPSA) is 62.5 Å². The van der Waals surface area contributed by atoms with Gasteiger partial charge in [0.25, 0.3) is 0 Å². The Morgan fingerprint density at radius 1 is 1.41 bits per heavy atom. The van der Waals surface area contributed by atoms with Crippen LogP contribution in [0.5, 0.6) is 0 Å². The maximum Gasteiger partial charge on any atom is 0.229 e. The third kappa shape index (κ3) is 3.55. The van der Waals surface area contributed by atoms with Gasteiger partial charge in [-0.2, -0.15) is 4.98 Å². The number of nitrogens with zero attached hydrogens (tertiary/aromatic N) is 4. The molecule has 1 aliphatic heterocycles. The lowest BCUT2D eigenvalue weighted by Gasteiger charge is -2.27. The summed E-state index contributed by atoms with van der Waals surface area (Å²) < 4.78 is 5.28. The van der Waals surface area contributed by atoms with Crippen LogP contribution in [0.1, 0.15) is 50.7 Å². The average Bonchev–Trinajstić information content (AvgIpc) is 3.02. The lowest BCUT2D eigenvalue weighted by Crippen LogP contribution is -2.40. The minimum atomic E-state index is 0.0694. The molecule has 1 saturated heterocycles. The van der Waals surface area contributed by atoms with E-state index >= 15 is 0 Å². The predicted octanol–water partition coefficient (Wildman–Crippen LogP) is 1.95. The van der Waals surface area contributed by atoms with Crippen LogP contribution >= 0.6 is 0 Å². The van der Waals surface area contributed by atoms with Gasteiger partial charge in [-0.1, -0.05) is 17.3 Å². The van der Waals surface area contributed by atoms with Crippen LogP contribution in [0.2, 0.25) is 0 Å². The molecule has 0 bridgehead atoms. The number of likely N-dealkylation sites (tertiary alicyclic amines) is 1. The molecular formula is C16H24N4O2. The molecule has 1 aromatic rings. The molecule has 120 valence electrons. The Kier molecular flexibility index (Phi) is 4.29. The summed E-state index contributed by atoms with van der Waals surface area (Å²) in [4.78, 5) is 20.7. The second-order valence-electron chi connectivity index (χ2n) is 6.60. The molecule has 0 aromatic carbocycles. The monoisotopic (exact) mass is 304 g/mol. The summed E-state index contributed by atoms with van der Waals surface area (Å²) in [6, 6.07) is 0.222. The largest absolute Gasteiger partial charge is 0.339 e. The van der Waals surface area contributed by atoms with Crippen LogP contribution in [0.15, 0.2) is 16.7 Å². The Bertz CT molecular complexity index is 564. The highest BCUT2D eigenvalue weighted by Crippen LogP contribution is 2.38. The second kappa shape index (κ2) is 6.20. The summed E-state index contributed by atoms with van der Waals surface area (Å²) >= 11 is 0. The second-order valence-corrected chi connectivity index (χ2v) is 6.60. The van der Waals surface area contributed by atoms with E-state index in [0.29, 0.717) is 18.3 Å². The van der Waals surface area contributed by atoms with Crippen LogP contribution < -0.4 is 0 Å². The maximum atomic E-state index is 12.0. The smallest absolute Gasteiger partial charge is 0.229 e. The lowest BCUT2D eigenvalue weighted by molar-refractivity contribution is -0.131. The van der Waals surface area contributed by atoms with E-state index in [1.54, 1.807) is 6.92 Å². The van der Waals surface area contributed by atoms with Crippen molar-refractivity contribution in [2.24, 2.45) is 0 Å². The normalized spacial score (nSPS) is 22.0. The van der Waals surface area contributed by atoms with Crippen LogP contribution in [0.4, 0.5) is 0 Å². The summed E-state index contributed by atoms with van der Waals surface area (Å²) in [5.74, 6) is 1.87. The predicted molar refractivity (Wildman–Crippen MR) is 82.2 cm³/mol. The zero-order valence-corrected chi connectivity index (χ0v) is 13.4. The first kappa shape index (κ1) is 15.2. The minimum Gasteiger partial charge on any atom is -0.339 e. The van der Waals surface area contributed by atoms with Crippen molar-refractivity contribution in [3.05, 3.63) is 23.9 Å². The van der Waals surface area contributed by atoms with Crippen molar-refractivity contribution in [1.29, 1.82) is 0 Å². The number of amides is 1. The maximum absolute atomic E-state index is 12.0. The van der Waals surface area contributed by atoms with Crippen LogP contribution in [0, 0.1) is 0 Å². The van der Waals surface area contributed by atoms with Gasteiger partial charge in [0.05, 0.1) is 6.54 Å². The van der Waals surface area contributed by atoms with Gasteiger partial charge in [0.15, 0.2) is 5.82 Å². The Morgan fingerprint density at radius 3 is 2.82 bits per heavy atom. The van der Waals surface area contributed by atoms with Crippen LogP contribution in [-0.4, -0.2) is 51.5 Å². The van der Waals surface area contributed by atoms with Gasteiger partial charge in [-0.05, 0) is 26.2 Å². The van der Waals surface area contributed by atoms with Gasteiger partial charge in [0.2, 0.25) is 11.8 Å². The first-order valence-electron chi connectivity index (χ1n) is 7.99. The van der Waals surface area contributed by atoms with Gasteiger partial charge in [-0.3, -0.25) is 9.69 Å². The molecule has 2 heterocycles. The number of carbonyl (C=O) groups is 1. The molecule has 0 radical (unpaired) electrons. The molecule has 2 aliphatic rings. The van der Waals surface area contributed by atoms with Gasteiger partial charge in [-0.25, -0.2) is 0 Å². The van der Waals surface area contributed by atoms with Gasteiger partial charge in [0, 0.05) is 38.5 Å². The minimum absolute atomic E-state index is 0.0694. The van der Waals surface area contributed by atoms with E-state index in [0.717, 1.165) is 50.4 Å². The molecule has 0 N–H and O–H groups in total.